The van der Waals surface area contributed by atoms with Gasteiger partial charge in [-0.2, -0.15) is 0 Å². The highest BCUT2D eigenvalue weighted by molar-refractivity contribution is 5.95. The zero-order valence-corrected chi connectivity index (χ0v) is 18.9. The third-order valence-electron chi connectivity index (χ3n) is 6.04. The van der Waals surface area contributed by atoms with Crippen LogP contribution < -0.4 is 14.8 Å². The van der Waals surface area contributed by atoms with Crippen molar-refractivity contribution in [3.05, 3.63) is 102 Å². The monoisotopic (exact) mass is 451 g/mol. The van der Waals surface area contributed by atoms with Crippen LogP contribution in [0.25, 0.3) is 11.3 Å². The summed E-state index contributed by atoms with van der Waals surface area (Å²) in [5, 5.41) is 3.20. The number of benzene rings is 3. The van der Waals surface area contributed by atoms with Gasteiger partial charge in [-0.25, -0.2) is 9.97 Å². The Balaban J connectivity index is 1.30. The number of carbonyl (C=O) groups excluding carboxylic acids is 1. The summed E-state index contributed by atoms with van der Waals surface area (Å²) in [7, 11) is 1.60. The van der Waals surface area contributed by atoms with E-state index in [1.54, 1.807) is 13.2 Å². The Kier molecular flexibility index (Phi) is 6.21. The summed E-state index contributed by atoms with van der Waals surface area (Å²) in [5.74, 6) is 1.54. The summed E-state index contributed by atoms with van der Waals surface area (Å²) in [5.41, 5.74) is 4.73. The SMILES string of the molecule is COc1ccccc1Oc1cc(-c2ccc(C(=O)N[C@H]3CCCc4ccccc43)cc2)ncn1. The number of para-hydroxylation sites is 2. The Morgan fingerprint density at radius 2 is 1.71 bits per heavy atom. The molecule has 0 saturated heterocycles. The number of nitrogens with zero attached hydrogens (tertiary/aromatic N) is 2. The van der Waals surface area contributed by atoms with E-state index in [2.05, 4.69) is 33.5 Å². The van der Waals surface area contributed by atoms with Crippen LogP contribution in [0.2, 0.25) is 0 Å². The van der Waals surface area contributed by atoms with Gasteiger partial charge in [0.05, 0.1) is 18.8 Å². The summed E-state index contributed by atoms with van der Waals surface area (Å²) in [6.07, 6.45) is 4.56. The number of rotatable bonds is 6. The van der Waals surface area contributed by atoms with E-state index in [4.69, 9.17) is 9.47 Å². The zero-order chi connectivity index (χ0) is 23.3. The van der Waals surface area contributed by atoms with Gasteiger partial charge in [-0.15, -0.1) is 0 Å². The summed E-state index contributed by atoms with van der Waals surface area (Å²) < 4.78 is 11.2. The van der Waals surface area contributed by atoms with Crippen molar-refractivity contribution in [3.63, 3.8) is 0 Å². The quantitative estimate of drug-likeness (QED) is 0.404. The largest absolute Gasteiger partial charge is 0.493 e. The molecule has 0 saturated carbocycles. The van der Waals surface area contributed by atoms with Crippen molar-refractivity contribution in [1.29, 1.82) is 0 Å². The van der Waals surface area contributed by atoms with Crippen molar-refractivity contribution >= 4 is 5.91 Å². The minimum atomic E-state index is -0.0730. The van der Waals surface area contributed by atoms with E-state index in [1.807, 2.05) is 54.6 Å². The van der Waals surface area contributed by atoms with Gasteiger partial charge in [0.2, 0.25) is 5.88 Å². The smallest absolute Gasteiger partial charge is 0.251 e. The number of aryl methyl sites for hydroxylation is 1. The number of nitrogens with one attached hydrogen (secondary N) is 1. The van der Waals surface area contributed by atoms with Gasteiger partial charge < -0.3 is 14.8 Å². The first-order valence-corrected chi connectivity index (χ1v) is 11.3. The van der Waals surface area contributed by atoms with Gasteiger partial charge in [0.25, 0.3) is 5.91 Å². The van der Waals surface area contributed by atoms with Crippen LogP contribution >= 0.6 is 0 Å². The van der Waals surface area contributed by atoms with Crippen LogP contribution in [0.1, 0.15) is 40.4 Å². The Labute approximate surface area is 198 Å². The van der Waals surface area contributed by atoms with E-state index in [0.717, 1.165) is 24.8 Å². The maximum absolute atomic E-state index is 12.9. The van der Waals surface area contributed by atoms with Crippen molar-refractivity contribution in [2.75, 3.05) is 7.11 Å². The molecule has 1 aliphatic rings. The minimum Gasteiger partial charge on any atom is -0.493 e. The summed E-state index contributed by atoms with van der Waals surface area (Å²) in [4.78, 5) is 21.5. The second-order valence-electron chi connectivity index (χ2n) is 8.19. The lowest BCUT2D eigenvalue weighted by molar-refractivity contribution is 0.0932. The molecule has 0 fully saturated rings. The van der Waals surface area contributed by atoms with Gasteiger partial charge in [0.15, 0.2) is 11.5 Å². The lowest BCUT2D eigenvalue weighted by Crippen LogP contribution is -2.30. The minimum absolute atomic E-state index is 0.0497. The predicted molar refractivity (Wildman–Crippen MR) is 130 cm³/mol. The number of amides is 1. The molecule has 1 amide bonds. The second kappa shape index (κ2) is 9.75. The van der Waals surface area contributed by atoms with E-state index in [1.165, 1.54) is 17.5 Å². The van der Waals surface area contributed by atoms with Gasteiger partial charge >= 0.3 is 0 Å². The molecule has 1 aliphatic carbocycles. The number of hydrogen-bond donors (Lipinski definition) is 1. The van der Waals surface area contributed by atoms with Gasteiger partial charge in [-0.1, -0.05) is 48.5 Å². The summed E-state index contributed by atoms with van der Waals surface area (Å²) in [6.45, 7) is 0. The molecule has 0 spiro atoms. The molecule has 0 aliphatic heterocycles. The maximum Gasteiger partial charge on any atom is 0.251 e. The number of hydrogen-bond acceptors (Lipinski definition) is 5. The average molecular weight is 452 g/mol. The number of ether oxygens (including phenoxy) is 2. The average Bonchev–Trinajstić information content (AvgIpc) is 2.89. The van der Waals surface area contributed by atoms with Crippen LogP contribution in [0.5, 0.6) is 17.4 Å². The topological polar surface area (TPSA) is 73.3 Å². The van der Waals surface area contributed by atoms with Gasteiger partial charge in [-0.05, 0) is 54.7 Å². The van der Waals surface area contributed by atoms with E-state index >= 15 is 0 Å². The highest BCUT2D eigenvalue weighted by Gasteiger charge is 2.22. The lowest BCUT2D eigenvalue weighted by Gasteiger charge is -2.26. The van der Waals surface area contributed by atoms with Crippen LogP contribution in [0.15, 0.2) is 85.2 Å². The molecule has 170 valence electrons. The van der Waals surface area contributed by atoms with Crippen molar-refractivity contribution < 1.29 is 14.3 Å². The molecular formula is C28H25N3O3. The van der Waals surface area contributed by atoms with Crippen molar-refractivity contribution in [1.82, 2.24) is 15.3 Å². The Hall–Kier alpha value is -4.19. The molecule has 4 aromatic rings. The molecule has 6 heteroatoms. The molecule has 0 radical (unpaired) electrons. The molecule has 0 bridgehead atoms. The van der Waals surface area contributed by atoms with Gasteiger partial charge in [0, 0.05) is 17.2 Å². The number of carbonyl (C=O) groups is 1. The normalized spacial score (nSPS) is 14.7. The van der Waals surface area contributed by atoms with Crippen LogP contribution in [0.3, 0.4) is 0 Å². The molecular weight excluding hydrogens is 426 g/mol. The Morgan fingerprint density at radius 1 is 0.941 bits per heavy atom. The van der Waals surface area contributed by atoms with Crippen molar-refractivity contribution in [3.8, 4) is 28.6 Å². The highest BCUT2D eigenvalue weighted by atomic mass is 16.5. The molecule has 1 heterocycles. The second-order valence-corrected chi connectivity index (χ2v) is 8.19. The summed E-state index contributed by atoms with van der Waals surface area (Å²) in [6, 6.07) is 25.0. The fourth-order valence-corrected chi connectivity index (χ4v) is 4.31. The van der Waals surface area contributed by atoms with Crippen LogP contribution in [-0.2, 0) is 6.42 Å². The zero-order valence-electron chi connectivity index (χ0n) is 18.9. The van der Waals surface area contributed by atoms with Crippen LogP contribution in [0, 0.1) is 0 Å². The summed E-state index contributed by atoms with van der Waals surface area (Å²) >= 11 is 0. The van der Waals surface area contributed by atoms with Gasteiger partial charge in [0.1, 0.15) is 6.33 Å². The Morgan fingerprint density at radius 3 is 2.53 bits per heavy atom. The third kappa shape index (κ3) is 4.62. The molecule has 1 aromatic heterocycles. The Bertz CT molecular complexity index is 1300. The fraction of sp³-hybridized carbons (Fsp3) is 0.179. The van der Waals surface area contributed by atoms with E-state index < -0.39 is 0 Å². The molecule has 6 nitrogen and oxygen atoms in total. The van der Waals surface area contributed by atoms with Crippen molar-refractivity contribution in [2.24, 2.45) is 0 Å². The predicted octanol–water partition coefficient (Wildman–Crippen LogP) is 5.75. The fourth-order valence-electron chi connectivity index (χ4n) is 4.31. The third-order valence-corrected chi connectivity index (χ3v) is 6.04. The van der Waals surface area contributed by atoms with Crippen LogP contribution in [-0.4, -0.2) is 23.0 Å². The maximum atomic E-state index is 12.9. The van der Waals surface area contributed by atoms with Crippen molar-refractivity contribution in [2.45, 2.75) is 25.3 Å². The van der Waals surface area contributed by atoms with E-state index in [9.17, 15) is 4.79 Å². The first-order chi connectivity index (χ1) is 16.7. The van der Waals surface area contributed by atoms with Gasteiger partial charge in [-0.3, -0.25) is 4.79 Å². The number of fused-ring (bicyclic) bond motifs is 1. The molecule has 34 heavy (non-hydrogen) atoms. The van der Waals surface area contributed by atoms with Crippen LogP contribution in [0.4, 0.5) is 0 Å². The van der Waals surface area contributed by atoms with E-state index in [0.29, 0.717) is 28.6 Å². The first kappa shape index (κ1) is 21.6. The first-order valence-electron chi connectivity index (χ1n) is 11.3. The van der Waals surface area contributed by atoms with E-state index in [-0.39, 0.29) is 11.9 Å². The molecule has 1 atom stereocenters. The molecule has 3 aromatic carbocycles. The molecule has 5 rings (SSSR count). The highest BCUT2D eigenvalue weighted by Crippen LogP contribution is 2.32. The molecule has 0 unspecified atom stereocenters. The molecule has 1 N–H and O–H groups in total. The lowest BCUT2D eigenvalue weighted by atomic mass is 9.87. The standard InChI is InChI=1S/C28H25N3O3/c1-33-25-11-4-5-12-26(25)34-27-17-24(29-18-30-27)20-13-15-21(16-14-20)28(32)31-23-10-6-8-19-7-2-3-9-22(19)23/h2-5,7,9,11-18,23H,6,8,10H2,1H3,(H,31,32)/t23-/m0/s1. The number of aromatic nitrogens is 2. The number of methoxy groups -OCH3 is 1.